The van der Waals surface area contributed by atoms with Gasteiger partial charge in [0.15, 0.2) is 0 Å². The van der Waals surface area contributed by atoms with E-state index in [1.807, 2.05) is 4.90 Å². The highest BCUT2D eigenvalue weighted by Crippen LogP contribution is 2.32. The first kappa shape index (κ1) is 25.4. The fourth-order valence-corrected chi connectivity index (χ4v) is 3.92. The summed E-state index contributed by atoms with van der Waals surface area (Å²) in [5, 5.41) is 12.7. The molecule has 0 saturated carbocycles. The number of amides is 2. The number of pyridine rings is 1. The summed E-state index contributed by atoms with van der Waals surface area (Å²) in [6.07, 6.45) is 1.52. The van der Waals surface area contributed by atoms with Crippen molar-refractivity contribution in [3.05, 3.63) is 59.9 Å². The number of rotatable bonds is 7. The van der Waals surface area contributed by atoms with Gasteiger partial charge in [-0.3, -0.25) is 9.59 Å². The summed E-state index contributed by atoms with van der Waals surface area (Å²) in [6, 6.07) is 10.3. The van der Waals surface area contributed by atoms with E-state index in [0.717, 1.165) is 0 Å². The van der Waals surface area contributed by atoms with Crippen LogP contribution in [0.3, 0.4) is 0 Å². The number of hydrogen-bond donors (Lipinski definition) is 3. The van der Waals surface area contributed by atoms with E-state index in [-0.39, 0.29) is 17.2 Å². The first-order valence-corrected chi connectivity index (χ1v) is 11.4. The molecule has 1 aliphatic rings. The summed E-state index contributed by atoms with van der Waals surface area (Å²) < 4.78 is 29.9. The molecule has 0 bridgehead atoms. The Morgan fingerprint density at radius 3 is 2.58 bits per heavy atom. The Labute approximate surface area is 210 Å². The van der Waals surface area contributed by atoms with Crippen molar-refractivity contribution in [2.45, 2.75) is 18.1 Å². The molecular weight excluding hydrogens is 496 g/mol. The van der Waals surface area contributed by atoms with E-state index in [0.29, 0.717) is 48.0 Å². The lowest BCUT2D eigenvalue weighted by Gasteiger charge is -2.20. The number of aliphatic hydroxyl groups excluding tert-OH is 1. The molecule has 1 atom stereocenters. The maximum absolute atomic E-state index is 13.0. The lowest BCUT2D eigenvalue weighted by Crippen LogP contribution is -2.24. The second-order valence-corrected chi connectivity index (χ2v) is 8.94. The van der Waals surface area contributed by atoms with Gasteiger partial charge in [0.2, 0.25) is 0 Å². The van der Waals surface area contributed by atoms with Gasteiger partial charge >= 0.3 is 5.57 Å². The average molecular weight is 520 g/mol. The number of nitrogens with one attached hydrogen (secondary N) is 2. The van der Waals surface area contributed by atoms with E-state index in [1.54, 1.807) is 32.3 Å². The molecule has 9 nitrogen and oxygen atoms in total. The normalized spacial score (nSPS) is 15.6. The summed E-state index contributed by atoms with van der Waals surface area (Å²) in [4.78, 5) is 36.3. The Morgan fingerprint density at radius 1 is 1.25 bits per heavy atom. The lowest BCUT2D eigenvalue weighted by atomic mass is 10.1. The first-order chi connectivity index (χ1) is 17.0. The number of hydrogen-bond acceptors (Lipinski definition) is 6. The van der Waals surface area contributed by atoms with Crippen molar-refractivity contribution in [2.24, 2.45) is 0 Å². The van der Waals surface area contributed by atoms with Crippen LogP contribution in [0.2, 0.25) is 0 Å². The van der Waals surface area contributed by atoms with Gasteiger partial charge in [0, 0.05) is 61.9 Å². The maximum atomic E-state index is 13.0. The summed E-state index contributed by atoms with van der Waals surface area (Å²) in [5.41, 5.74) is -1.71. The largest absolute Gasteiger partial charge is 0.487 e. The molecule has 4 rings (SSSR count). The third kappa shape index (κ3) is 5.92. The number of aromatic amines is 1. The van der Waals surface area contributed by atoms with Gasteiger partial charge in [0.05, 0.1) is 11.7 Å². The minimum atomic E-state index is -3.84. The fraction of sp³-hybridized carbons (Fsp3) is 0.292. The molecule has 1 aliphatic heterocycles. The molecule has 0 spiro atoms. The average Bonchev–Trinajstić information content (AvgIpc) is 3.48. The fourth-order valence-electron chi connectivity index (χ4n) is 3.83. The van der Waals surface area contributed by atoms with Crippen molar-refractivity contribution in [1.29, 1.82) is 0 Å². The number of alkyl halides is 3. The Kier molecular flexibility index (Phi) is 7.14. The summed E-state index contributed by atoms with van der Waals surface area (Å²) in [7, 11) is 3.29. The maximum Gasteiger partial charge on any atom is 0.487 e. The summed E-state index contributed by atoms with van der Waals surface area (Å²) >= 11 is 4.77. The Morgan fingerprint density at radius 2 is 1.97 bits per heavy atom. The van der Waals surface area contributed by atoms with Gasteiger partial charge < -0.3 is 29.9 Å². The van der Waals surface area contributed by atoms with Crippen LogP contribution in [0.15, 0.2) is 48.7 Å². The SMILES string of the molecule is CN(C)C(=O)c1ccc(-c2cc(C(=O)Nc3ccc(OC(F)(F)Cl)cc3)cnc2N2CCC(O)C2)[nH]1. The number of H-pyrrole nitrogens is 1. The topological polar surface area (TPSA) is 111 Å². The second kappa shape index (κ2) is 10.1. The minimum Gasteiger partial charge on any atom is -0.420 e. The van der Waals surface area contributed by atoms with Crippen molar-refractivity contribution >= 4 is 34.9 Å². The van der Waals surface area contributed by atoms with Crippen LogP contribution in [0, 0.1) is 0 Å². The van der Waals surface area contributed by atoms with Gasteiger partial charge in [-0.05, 0) is 48.9 Å². The highest BCUT2D eigenvalue weighted by molar-refractivity contribution is 6.20. The summed E-state index contributed by atoms with van der Waals surface area (Å²) in [6.45, 7) is 0.984. The smallest absolute Gasteiger partial charge is 0.420 e. The van der Waals surface area contributed by atoms with Gasteiger partial charge in [0.25, 0.3) is 11.8 Å². The number of ether oxygens (including phenoxy) is 1. The van der Waals surface area contributed by atoms with Crippen LogP contribution >= 0.6 is 11.6 Å². The van der Waals surface area contributed by atoms with Crippen molar-refractivity contribution in [1.82, 2.24) is 14.9 Å². The molecule has 2 aromatic heterocycles. The molecule has 12 heteroatoms. The van der Waals surface area contributed by atoms with Crippen LogP contribution < -0.4 is 15.0 Å². The number of carbonyl (C=O) groups excluding carboxylic acids is 2. The van der Waals surface area contributed by atoms with E-state index in [1.165, 1.54) is 35.4 Å². The van der Waals surface area contributed by atoms with Crippen LogP contribution in [-0.4, -0.2) is 70.6 Å². The van der Waals surface area contributed by atoms with Crippen molar-refractivity contribution in [2.75, 3.05) is 37.4 Å². The number of β-amino-alcohol motifs (C(OH)–C–C–N with tert-alkyl or cyclic N) is 1. The van der Waals surface area contributed by atoms with Crippen LogP contribution in [0.5, 0.6) is 5.75 Å². The number of anilines is 2. The zero-order valence-corrected chi connectivity index (χ0v) is 20.2. The molecular formula is C24H24ClF2N5O4. The quantitative estimate of drug-likeness (QED) is 0.410. The number of aromatic nitrogens is 2. The molecule has 0 aliphatic carbocycles. The Balaban J connectivity index is 1.61. The van der Waals surface area contributed by atoms with E-state index in [4.69, 9.17) is 11.6 Å². The number of aliphatic hydroxyl groups is 1. The molecule has 3 N–H and O–H groups in total. The van der Waals surface area contributed by atoms with Crippen LogP contribution in [0.1, 0.15) is 27.3 Å². The zero-order chi connectivity index (χ0) is 26.0. The third-order valence-electron chi connectivity index (χ3n) is 5.55. The Hall–Kier alpha value is -3.70. The molecule has 1 saturated heterocycles. The zero-order valence-electron chi connectivity index (χ0n) is 19.5. The molecule has 2 amide bonds. The number of nitrogens with zero attached hydrogens (tertiary/aromatic N) is 3. The predicted octanol–water partition coefficient (Wildman–Crippen LogP) is 3.77. The molecule has 1 aromatic carbocycles. The predicted molar refractivity (Wildman–Crippen MR) is 131 cm³/mol. The minimum absolute atomic E-state index is 0.163. The van der Waals surface area contributed by atoms with Crippen molar-refractivity contribution in [3.63, 3.8) is 0 Å². The van der Waals surface area contributed by atoms with Gasteiger partial charge in [-0.1, -0.05) is 0 Å². The van der Waals surface area contributed by atoms with Crippen LogP contribution in [0.4, 0.5) is 20.3 Å². The lowest BCUT2D eigenvalue weighted by molar-refractivity contribution is -0.0964. The Bertz CT molecular complexity index is 1260. The number of benzene rings is 1. The highest BCUT2D eigenvalue weighted by atomic mass is 35.5. The van der Waals surface area contributed by atoms with Gasteiger partial charge in [-0.15, -0.1) is 8.78 Å². The molecule has 0 radical (unpaired) electrons. The van der Waals surface area contributed by atoms with E-state index >= 15 is 0 Å². The molecule has 36 heavy (non-hydrogen) atoms. The molecule has 3 aromatic rings. The molecule has 1 fully saturated rings. The van der Waals surface area contributed by atoms with Crippen molar-refractivity contribution < 1.29 is 28.2 Å². The molecule has 1 unspecified atom stereocenters. The molecule has 190 valence electrons. The van der Waals surface area contributed by atoms with E-state index in [9.17, 15) is 23.5 Å². The third-order valence-corrected chi connectivity index (χ3v) is 5.63. The van der Waals surface area contributed by atoms with Gasteiger partial charge in [0.1, 0.15) is 17.3 Å². The standard InChI is InChI=1S/C24H24ClF2N5O4/c1-31(2)23(35)20-8-7-19(30-20)18-11-14(12-28-21(18)32-10-9-16(33)13-32)22(34)29-15-3-5-17(6-4-15)36-24(25,26)27/h3-8,11-12,16,30,33H,9-10,13H2,1-2H3,(H,29,34). The van der Waals surface area contributed by atoms with Gasteiger partial charge in [-0.25, -0.2) is 4.98 Å². The van der Waals surface area contributed by atoms with E-state index < -0.39 is 17.6 Å². The monoisotopic (exact) mass is 519 g/mol. The number of carbonyl (C=O) groups is 2. The van der Waals surface area contributed by atoms with E-state index in [2.05, 4.69) is 20.0 Å². The van der Waals surface area contributed by atoms with Crippen molar-refractivity contribution in [3.8, 4) is 17.0 Å². The number of halogens is 3. The highest BCUT2D eigenvalue weighted by Gasteiger charge is 2.28. The summed E-state index contributed by atoms with van der Waals surface area (Å²) in [5.74, 6) is -0.286. The second-order valence-electron chi connectivity index (χ2n) is 8.50. The van der Waals surface area contributed by atoms with Crippen LogP contribution in [0.25, 0.3) is 11.3 Å². The molecule has 3 heterocycles. The van der Waals surface area contributed by atoms with Gasteiger partial charge in [-0.2, -0.15) is 0 Å². The van der Waals surface area contributed by atoms with Crippen LogP contribution in [-0.2, 0) is 0 Å². The first-order valence-electron chi connectivity index (χ1n) is 11.0.